The minimum Gasteiger partial charge on any atom is -0.497 e. The Morgan fingerprint density at radius 1 is 1.04 bits per heavy atom. The van der Waals surface area contributed by atoms with Gasteiger partial charge in [-0.2, -0.15) is 0 Å². The Hall–Kier alpha value is -1.65. The van der Waals surface area contributed by atoms with E-state index in [4.69, 9.17) is 14.2 Å². The molecule has 1 aromatic carbocycles. The first-order valence-corrected chi connectivity index (χ1v) is 8.53. The maximum Gasteiger partial charge on any atom is 0.167 e. The maximum atomic E-state index is 12.5. The molecule has 23 heavy (non-hydrogen) atoms. The molecule has 0 aromatic heterocycles. The minimum absolute atomic E-state index is 0.0187. The van der Waals surface area contributed by atoms with E-state index in [1.807, 2.05) is 30.3 Å². The number of fused-ring (bicyclic) bond motifs is 1. The molecule has 2 aliphatic heterocycles. The summed E-state index contributed by atoms with van der Waals surface area (Å²) in [6.45, 7) is 1.37. The minimum atomic E-state index is -0.194. The molecule has 0 radical (unpaired) electrons. The fourth-order valence-electron chi connectivity index (χ4n) is 3.87. The summed E-state index contributed by atoms with van der Waals surface area (Å²) < 4.78 is 17.7. The second-order valence-electron chi connectivity index (χ2n) is 6.47. The third-order valence-corrected chi connectivity index (χ3v) is 4.97. The molecule has 0 saturated carbocycles. The summed E-state index contributed by atoms with van der Waals surface area (Å²) in [5, 5.41) is 0. The van der Waals surface area contributed by atoms with Crippen molar-refractivity contribution < 1.29 is 19.0 Å². The summed E-state index contributed by atoms with van der Waals surface area (Å²) >= 11 is 0. The van der Waals surface area contributed by atoms with Crippen LogP contribution in [0.25, 0.3) is 0 Å². The summed E-state index contributed by atoms with van der Waals surface area (Å²) in [5.41, 5.74) is 1.04. The van der Waals surface area contributed by atoms with Gasteiger partial charge in [0.2, 0.25) is 0 Å². The third-order valence-electron chi connectivity index (χ3n) is 4.97. The summed E-state index contributed by atoms with van der Waals surface area (Å²) in [4.78, 5) is 12.5. The Bertz CT molecular complexity index is 589. The van der Waals surface area contributed by atoms with E-state index in [0.717, 1.165) is 43.6 Å². The van der Waals surface area contributed by atoms with Gasteiger partial charge >= 0.3 is 0 Å². The zero-order valence-corrected chi connectivity index (χ0v) is 13.1. The predicted molar refractivity (Wildman–Crippen MR) is 84.8 cm³/mol. The van der Waals surface area contributed by atoms with Gasteiger partial charge in [-0.25, -0.2) is 0 Å². The molecule has 0 bridgehead atoms. The van der Waals surface area contributed by atoms with Gasteiger partial charge < -0.3 is 14.2 Å². The van der Waals surface area contributed by atoms with Crippen LogP contribution in [-0.2, 0) is 19.0 Å². The molecule has 4 rings (SSSR count). The lowest BCUT2D eigenvalue weighted by molar-refractivity contribution is -0.207. The van der Waals surface area contributed by atoms with Gasteiger partial charge in [0, 0.05) is 19.1 Å². The number of hydrogen-bond donors (Lipinski definition) is 0. The second kappa shape index (κ2) is 6.46. The molecule has 2 fully saturated rings. The molecule has 2 saturated heterocycles. The number of ketones is 1. The lowest BCUT2D eigenvalue weighted by atomic mass is 9.81. The van der Waals surface area contributed by atoms with Crippen LogP contribution in [0.2, 0.25) is 0 Å². The van der Waals surface area contributed by atoms with Crippen LogP contribution in [0.4, 0.5) is 0 Å². The topological polar surface area (TPSA) is 44.8 Å². The van der Waals surface area contributed by atoms with Gasteiger partial charge in [0.15, 0.2) is 12.1 Å². The number of carbonyl (C=O) groups excluding carboxylic acids is 1. The molecule has 4 nitrogen and oxygen atoms in total. The van der Waals surface area contributed by atoms with Crippen molar-refractivity contribution in [2.24, 2.45) is 5.92 Å². The molecule has 122 valence electrons. The van der Waals surface area contributed by atoms with Crippen molar-refractivity contribution in [1.29, 1.82) is 0 Å². The molecule has 0 amide bonds. The normalized spacial score (nSPS) is 33.7. The number of benzene rings is 1. The quantitative estimate of drug-likeness (QED) is 0.859. The highest BCUT2D eigenvalue weighted by atomic mass is 16.7. The van der Waals surface area contributed by atoms with E-state index in [9.17, 15) is 4.79 Å². The lowest BCUT2D eigenvalue weighted by Gasteiger charge is -2.37. The van der Waals surface area contributed by atoms with E-state index in [1.165, 1.54) is 0 Å². The first-order valence-electron chi connectivity index (χ1n) is 8.53. The molecule has 0 spiro atoms. The molecular weight excluding hydrogens is 292 g/mol. The van der Waals surface area contributed by atoms with E-state index in [-0.39, 0.29) is 30.0 Å². The fraction of sp³-hybridized carbons (Fsp3) is 0.526. The molecular formula is C19H22O4. The van der Waals surface area contributed by atoms with E-state index in [2.05, 4.69) is 0 Å². The first-order chi connectivity index (χ1) is 11.3. The summed E-state index contributed by atoms with van der Waals surface area (Å²) in [5.74, 6) is 0.691. The van der Waals surface area contributed by atoms with Gasteiger partial charge in [-0.15, -0.1) is 0 Å². The highest BCUT2D eigenvalue weighted by Crippen LogP contribution is 2.44. The Morgan fingerprint density at radius 3 is 2.70 bits per heavy atom. The first kappa shape index (κ1) is 14.9. The van der Waals surface area contributed by atoms with Crippen LogP contribution < -0.4 is 0 Å². The van der Waals surface area contributed by atoms with E-state index < -0.39 is 0 Å². The van der Waals surface area contributed by atoms with Crippen molar-refractivity contribution in [3.8, 4) is 0 Å². The number of allylic oxidation sites excluding steroid dienone is 1. The lowest BCUT2D eigenvalue weighted by Crippen LogP contribution is -2.39. The molecule has 4 heteroatoms. The summed E-state index contributed by atoms with van der Waals surface area (Å²) in [7, 11) is 0. The van der Waals surface area contributed by atoms with Crippen LogP contribution in [0, 0.1) is 5.92 Å². The van der Waals surface area contributed by atoms with Crippen molar-refractivity contribution in [2.45, 2.75) is 44.0 Å². The zero-order valence-electron chi connectivity index (χ0n) is 13.1. The van der Waals surface area contributed by atoms with E-state index in [0.29, 0.717) is 6.61 Å². The molecule has 4 unspecified atom stereocenters. The van der Waals surface area contributed by atoms with Crippen LogP contribution >= 0.6 is 0 Å². The number of carbonyl (C=O) groups is 1. The van der Waals surface area contributed by atoms with E-state index in [1.54, 1.807) is 6.08 Å². The number of ether oxygens (including phenoxy) is 3. The smallest absolute Gasteiger partial charge is 0.167 e. The number of hydrogen-bond acceptors (Lipinski definition) is 4. The molecule has 0 N–H and O–H groups in total. The van der Waals surface area contributed by atoms with Crippen LogP contribution in [0.5, 0.6) is 0 Å². The Morgan fingerprint density at radius 2 is 1.91 bits per heavy atom. The van der Waals surface area contributed by atoms with Crippen molar-refractivity contribution in [1.82, 2.24) is 0 Å². The van der Waals surface area contributed by atoms with Gasteiger partial charge in [0.1, 0.15) is 5.76 Å². The summed E-state index contributed by atoms with van der Waals surface area (Å²) in [6, 6.07) is 9.96. The van der Waals surface area contributed by atoms with Gasteiger partial charge in [-0.1, -0.05) is 30.3 Å². The molecule has 4 atom stereocenters. The summed E-state index contributed by atoms with van der Waals surface area (Å²) in [6.07, 6.45) is 5.50. The van der Waals surface area contributed by atoms with Gasteiger partial charge in [0.25, 0.3) is 0 Å². The average molecular weight is 314 g/mol. The average Bonchev–Trinajstić information content (AvgIpc) is 2.93. The second-order valence-corrected chi connectivity index (χ2v) is 6.47. The largest absolute Gasteiger partial charge is 0.497 e. The predicted octanol–water partition coefficient (Wildman–Crippen LogP) is 3.19. The Kier molecular flexibility index (Phi) is 4.19. The molecule has 1 aliphatic carbocycles. The molecule has 1 aromatic rings. The fourth-order valence-corrected chi connectivity index (χ4v) is 3.87. The van der Waals surface area contributed by atoms with E-state index >= 15 is 0 Å². The Balaban J connectivity index is 1.57. The van der Waals surface area contributed by atoms with Gasteiger partial charge in [-0.05, 0) is 24.8 Å². The SMILES string of the molecule is O=C1C=C2OCCC(OC3CCCCO3)C2C1c1ccccc1. The zero-order chi connectivity index (χ0) is 15.6. The number of rotatable bonds is 3. The van der Waals surface area contributed by atoms with Crippen LogP contribution in [0.15, 0.2) is 42.2 Å². The third kappa shape index (κ3) is 2.93. The standard InChI is InChI=1S/C19H22O4/c20-14-12-16-19(18(14)13-6-2-1-3-7-13)15(9-11-21-16)23-17-8-4-5-10-22-17/h1-3,6-7,12,15,17-19H,4-5,8-11H2. The van der Waals surface area contributed by atoms with Crippen LogP contribution in [0.3, 0.4) is 0 Å². The molecule has 2 heterocycles. The van der Waals surface area contributed by atoms with Crippen LogP contribution in [0.1, 0.15) is 37.2 Å². The Labute approximate surface area is 136 Å². The monoisotopic (exact) mass is 314 g/mol. The van der Waals surface area contributed by atoms with Crippen molar-refractivity contribution in [2.75, 3.05) is 13.2 Å². The van der Waals surface area contributed by atoms with Gasteiger partial charge in [0.05, 0.1) is 24.5 Å². The molecule has 3 aliphatic rings. The van der Waals surface area contributed by atoms with Crippen LogP contribution in [-0.4, -0.2) is 31.4 Å². The van der Waals surface area contributed by atoms with Crippen molar-refractivity contribution >= 4 is 5.78 Å². The highest BCUT2D eigenvalue weighted by molar-refractivity contribution is 5.99. The highest BCUT2D eigenvalue weighted by Gasteiger charge is 2.46. The van der Waals surface area contributed by atoms with Crippen molar-refractivity contribution in [3.63, 3.8) is 0 Å². The van der Waals surface area contributed by atoms with Crippen molar-refractivity contribution in [3.05, 3.63) is 47.7 Å². The maximum absolute atomic E-state index is 12.5. The van der Waals surface area contributed by atoms with Gasteiger partial charge in [-0.3, -0.25) is 4.79 Å².